The van der Waals surface area contributed by atoms with Gasteiger partial charge in [0.2, 0.25) is 12.5 Å². The second-order valence-electron chi connectivity index (χ2n) is 6.32. The van der Waals surface area contributed by atoms with Crippen LogP contribution in [0.1, 0.15) is 16.7 Å². The molecule has 0 spiro atoms. The molecule has 0 radical (unpaired) electrons. The lowest BCUT2D eigenvalue weighted by Gasteiger charge is -2.11. The smallest absolute Gasteiger partial charge is 0.329 e. The van der Waals surface area contributed by atoms with Crippen LogP contribution in [-0.4, -0.2) is 30.7 Å². The Morgan fingerprint density at radius 3 is 2.70 bits per heavy atom. The van der Waals surface area contributed by atoms with E-state index in [9.17, 15) is 9.59 Å². The van der Waals surface area contributed by atoms with Crippen LogP contribution >= 0.6 is 0 Å². The molecule has 3 amide bonds. The number of aryl methyl sites for hydroxylation is 1. The molecule has 1 saturated heterocycles. The number of urea groups is 1. The van der Waals surface area contributed by atoms with E-state index in [0.29, 0.717) is 22.8 Å². The molecule has 0 unspecified atom stereocenters. The molecule has 0 saturated carbocycles. The van der Waals surface area contributed by atoms with Gasteiger partial charge in [0.25, 0.3) is 5.91 Å². The largest absolute Gasteiger partial charge is 0.493 e. The van der Waals surface area contributed by atoms with Crippen molar-refractivity contribution in [1.82, 2.24) is 10.2 Å². The van der Waals surface area contributed by atoms with Crippen molar-refractivity contribution in [2.24, 2.45) is 0 Å². The number of methoxy groups -OCH3 is 1. The third-order valence-electron chi connectivity index (χ3n) is 4.42. The molecular weight excluding hydrogens is 348 g/mol. The molecule has 0 aromatic heterocycles. The number of ether oxygens (including phenoxy) is 3. The zero-order chi connectivity index (χ0) is 19.0. The van der Waals surface area contributed by atoms with Crippen molar-refractivity contribution >= 4 is 18.0 Å². The van der Waals surface area contributed by atoms with Crippen molar-refractivity contribution in [3.63, 3.8) is 0 Å². The van der Waals surface area contributed by atoms with E-state index in [2.05, 4.69) is 5.32 Å². The predicted octanol–water partition coefficient (Wildman–Crippen LogP) is 2.83. The Morgan fingerprint density at radius 1 is 1.19 bits per heavy atom. The molecule has 2 aliphatic heterocycles. The number of carbonyl (C=O) groups is 2. The molecular formula is C20H18N2O5. The van der Waals surface area contributed by atoms with Crippen molar-refractivity contribution in [3.05, 3.63) is 58.8 Å². The fraction of sp³-hybridized carbons (Fsp3) is 0.200. The number of nitrogens with zero attached hydrogens (tertiary/aromatic N) is 1. The van der Waals surface area contributed by atoms with Gasteiger partial charge in [0.1, 0.15) is 5.70 Å². The maximum Gasteiger partial charge on any atom is 0.329 e. The first-order valence-corrected chi connectivity index (χ1v) is 8.43. The highest BCUT2D eigenvalue weighted by Gasteiger charge is 2.33. The third-order valence-corrected chi connectivity index (χ3v) is 4.42. The highest BCUT2D eigenvalue weighted by atomic mass is 16.7. The number of benzene rings is 2. The van der Waals surface area contributed by atoms with Gasteiger partial charge < -0.3 is 19.5 Å². The van der Waals surface area contributed by atoms with Crippen molar-refractivity contribution in [1.29, 1.82) is 0 Å². The molecule has 0 atom stereocenters. The summed E-state index contributed by atoms with van der Waals surface area (Å²) >= 11 is 0. The lowest BCUT2D eigenvalue weighted by molar-refractivity contribution is -0.123. The van der Waals surface area contributed by atoms with Gasteiger partial charge in [-0.2, -0.15) is 0 Å². The first-order chi connectivity index (χ1) is 13.0. The summed E-state index contributed by atoms with van der Waals surface area (Å²) in [5.74, 6) is 1.19. The van der Waals surface area contributed by atoms with Gasteiger partial charge in [0, 0.05) is 0 Å². The number of carbonyl (C=O) groups excluding carboxylic acids is 2. The summed E-state index contributed by atoms with van der Waals surface area (Å²) in [6, 6.07) is 10.7. The Morgan fingerprint density at radius 2 is 1.96 bits per heavy atom. The summed E-state index contributed by atoms with van der Waals surface area (Å²) in [6.45, 7) is 2.32. The Kier molecular flexibility index (Phi) is 4.19. The molecule has 0 aliphatic carbocycles. The van der Waals surface area contributed by atoms with Gasteiger partial charge in [0.15, 0.2) is 11.5 Å². The Balaban J connectivity index is 1.59. The maximum atomic E-state index is 12.7. The van der Waals surface area contributed by atoms with E-state index in [0.717, 1.165) is 11.1 Å². The van der Waals surface area contributed by atoms with E-state index in [4.69, 9.17) is 14.2 Å². The average Bonchev–Trinajstić information content (AvgIpc) is 3.23. The van der Waals surface area contributed by atoms with E-state index >= 15 is 0 Å². The number of fused-ring (bicyclic) bond motifs is 1. The number of rotatable bonds is 4. The summed E-state index contributed by atoms with van der Waals surface area (Å²) in [5, 5.41) is 2.62. The van der Waals surface area contributed by atoms with Crippen molar-refractivity contribution in [2.45, 2.75) is 13.5 Å². The Bertz CT molecular complexity index is 950. The number of hydrogen-bond donors (Lipinski definition) is 1. The van der Waals surface area contributed by atoms with Gasteiger partial charge in [0.05, 0.1) is 13.7 Å². The van der Waals surface area contributed by atoms with Gasteiger partial charge in [-0.25, -0.2) is 4.79 Å². The zero-order valence-electron chi connectivity index (χ0n) is 14.9. The van der Waals surface area contributed by atoms with Crippen LogP contribution in [0.25, 0.3) is 6.08 Å². The van der Waals surface area contributed by atoms with Gasteiger partial charge in [-0.1, -0.05) is 29.8 Å². The molecule has 138 valence electrons. The fourth-order valence-electron chi connectivity index (χ4n) is 2.99. The number of hydrogen-bond acceptors (Lipinski definition) is 5. The quantitative estimate of drug-likeness (QED) is 0.665. The lowest BCUT2D eigenvalue weighted by Crippen LogP contribution is -2.30. The molecule has 7 heteroatoms. The minimum atomic E-state index is -0.445. The first-order valence-electron chi connectivity index (χ1n) is 8.43. The Labute approximate surface area is 156 Å². The molecule has 7 nitrogen and oxygen atoms in total. The molecule has 1 fully saturated rings. The van der Waals surface area contributed by atoms with E-state index in [1.54, 1.807) is 18.2 Å². The molecule has 4 rings (SSSR count). The summed E-state index contributed by atoms with van der Waals surface area (Å²) in [6.07, 6.45) is 1.60. The standard InChI is InChI=1S/C20H18N2O5/c1-12-3-5-13(6-4-12)10-22-19(23)15(21-20(22)24)7-14-8-16(25-2)18-17(9-14)26-11-27-18/h3-9H,10-11H2,1-2H3,(H,21,24)/b15-7+. The molecule has 27 heavy (non-hydrogen) atoms. The summed E-state index contributed by atoms with van der Waals surface area (Å²) in [7, 11) is 1.53. The number of nitrogens with one attached hydrogen (secondary N) is 1. The monoisotopic (exact) mass is 366 g/mol. The highest BCUT2D eigenvalue weighted by molar-refractivity contribution is 6.13. The van der Waals surface area contributed by atoms with Gasteiger partial charge in [-0.05, 0) is 36.3 Å². The topological polar surface area (TPSA) is 77.1 Å². The van der Waals surface area contributed by atoms with Crippen LogP contribution < -0.4 is 19.5 Å². The van der Waals surface area contributed by atoms with Gasteiger partial charge in [-0.3, -0.25) is 9.69 Å². The van der Waals surface area contributed by atoms with Crippen LogP contribution in [-0.2, 0) is 11.3 Å². The minimum Gasteiger partial charge on any atom is -0.493 e. The van der Waals surface area contributed by atoms with E-state index in [-0.39, 0.29) is 24.9 Å². The van der Waals surface area contributed by atoms with Crippen LogP contribution in [0, 0.1) is 6.92 Å². The zero-order valence-corrected chi connectivity index (χ0v) is 14.9. The fourth-order valence-corrected chi connectivity index (χ4v) is 2.99. The second kappa shape index (κ2) is 6.68. The molecule has 2 aromatic rings. The molecule has 2 heterocycles. The molecule has 0 bridgehead atoms. The minimum absolute atomic E-state index is 0.117. The number of imide groups is 1. The third kappa shape index (κ3) is 3.19. The van der Waals surface area contributed by atoms with Crippen LogP contribution in [0.3, 0.4) is 0 Å². The predicted molar refractivity (Wildman–Crippen MR) is 97.4 cm³/mol. The molecule has 1 N–H and O–H groups in total. The van der Waals surface area contributed by atoms with Crippen LogP contribution in [0.2, 0.25) is 0 Å². The lowest BCUT2D eigenvalue weighted by atomic mass is 10.1. The van der Waals surface area contributed by atoms with E-state index in [1.165, 1.54) is 12.0 Å². The Hall–Kier alpha value is -3.48. The average molecular weight is 366 g/mol. The van der Waals surface area contributed by atoms with Gasteiger partial charge >= 0.3 is 6.03 Å². The van der Waals surface area contributed by atoms with E-state index in [1.807, 2.05) is 31.2 Å². The second-order valence-corrected chi connectivity index (χ2v) is 6.32. The van der Waals surface area contributed by atoms with Crippen LogP contribution in [0.15, 0.2) is 42.1 Å². The number of amides is 3. The van der Waals surface area contributed by atoms with Crippen molar-refractivity contribution in [2.75, 3.05) is 13.9 Å². The normalized spacial score (nSPS) is 16.8. The summed E-state index contributed by atoms with van der Waals surface area (Å²) in [4.78, 5) is 26.1. The summed E-state index contributed by atoms with van der Waals surface area (Å²) in [5.41, 5.74) is 2.87. The van der Waals surface area contributed by atoms with Crippen molar-refractivity contribution < 1.29 is 23.8 Å². The SMILES string of the molecule is COc1cc(/C=C2/NC(=O)N(Cc3ccc(C)cc3)C2=O)cc2c1OCO2. The molecule has 2 aromatic carbocycles. The van der Waals surface area contributed by atoms with Crippen LogP contribution in [0.4, 0.5) is 4.79 Å². The van der Waals surface area contributed by atoms with Crippen LogP contribution in [0.5, 0.6) is 17.2 Å². The van der Waals surface area contributed by atoms with Gasteiger partial charge in [-0.15, -0.1) is 0 Å². The summed E-state index contributed by atoms with van der Waals surface area (Å²) < 4.78 is 16.1. The highest BCUT2D eigenvalue weighted by Crippen LogP contribution is 2.42. The van der Waals surface area contributed by atoms with Crippen molar-refractivity contribution in [3.8, 4) is 17.2 Å². The first kappa shape index (κ1) is 17.0. The molecule has 2 aliphatic rings. The van der Waals surface area contributed by atoms with E-state index < -0.39 is 6.03 Å². The maximum absolute atomic E-state index is 12.7.